The molecule has 1 aliphatic carbocycles. The van der Waals surface area contributed by atoms with Crippen LogP contribution in [0.15, 0.2) is 27.5 Å². The van der Waals surface area contributed by atoms with Gasteiger partial charge >= 0.3 is 0 Å². The maximum Gasteiger partial charge on any atom is 0.189 e. The molecular formula is C15H16BrNO. The van der Waals surface area contributed by atoms with E-state index in [9.17, 15) is 4.79 Å². The summed E-state index contributed by atoms with van der Waals surface area (Å²) in [6.07, 6.45) is 4.95. The third-order valence-electron chi connectivity index (χ3n) is 3.96. The first-order chi connectivity index (χ1) is 8.66. The van der Waals surface area contributed by atoms with Crippen molar-refractivity contribution in [2.75, 3.05) is 0 Å². The van der Waals surface area contributed by atoms with Crippen molar-refractivity contribution in [2.24, 2.45) is 0 Å². The summed E-state index contributed by atoms with van der Waals surface area (Å²) in [6, 6.07) is 5.79. The molecule has 2 aromatic rings. The molecule has 94 valence electrons. The second-order valence-electron chi connectivity index (χ2n) is 5.18. The predicted octanol–water partition coefficient (Wildman–Crippen LogP) is 4.26. The molecule has 1 aliphatic rings. The third-order valence-corrected chi connectivity index (χ3v) is 4.62. The lowest BCUT2D eigenvalue weighted by atomic mass is 10.0. The molecule has 0 saturated heterocycles. The summed E-state index contributed by atoms with van der Waals surface area (Å²) in [7, 11) is 0. The molecule has 1 fully saturated rings. The Morgan fingerprint density at radius 2 is 2.00 bits per heavy atom. The zero-order valence-corrected chi connectivity index (χ0v) is 12.0. The summed E-state index contributed by atoms with van der Waals surface area (Å²) >= 11 is 3.54. The molecule has 1 aromatic carbocycles. The standard InChI is InChI=1S/C15H16BrNO/c1-9-6-7-11(16)15-14(9)13(18)8-12(17-15)10-4-2-3-5-10/h6-8,10H,2-5H2,1H3,(H,17,18). The number of rotatable bonds is 1. The summed E-state index contributed by atoms with van der Waals surface area (Å²) in [5.41, 5.74) is 3.23. The Kier molecular flexibility index (Phi) is 3.02. The van der Waals surface area contributed by atoms with Crippen LogP contribution >= 0.6 is 15.9 Å². The molecule has 1 N–H and O–H groups in total. The van der Waals surface area contributed by atoms with E-state index in [0.717, 1.165) is 26.6 Å². The summed E-state index contributed by atoms with van der Waals surface area (Å²) < 4.78 is 0.972. The summed E-state index contributed by atoms with van der Waals surface area (Å²) in [5, 5.41) is 0.811. The number of aromatic amines is 1. The highest BCUT2D eigenvalue weighted by molar-refractivity contribution is 9.10. The van der Waals surface area contributed by atoms with E-state index < -0.39 is 0 Å². The van der Waals surface area contributed by atoms with Crippen LogP contribution in [0.25, 0.3) is 10.9 Å². The summed E-state index contributed by atoms with van der Waals surface area (Å²) in [4.78, 5) is 15.8. The first kappa shape index (κ1) is 12.0. The third kappa shape index (κ3) is 1.91. The van der Waals surface area contributed by atoms with E-state index in [1.165, 1.54) is 25.7 Å². The van der Waals surface area contributed by atoms with E-state index in [-0.39, 0.29) is 5.43 Å². The first-order valence-corrected chi connectivity index (χ1v) is 7.28. The summed E-state index contributed by atoms with van der Waals surface area (Å²) in [5.74, 6) is 0.537. The SMILES string of the molecule is Cc1ccc(Br)c2[nH]c(C3CCCC3)cc(=O)c12. The zero-order valence-electron chi connectivity index (χ0n) is 10.4. The minimum Gasteiger partial charge on any atom is -0.357 e. The molecule has 3 heteroatoms. The Hall–Kier alpha value is -1.09. The Bertz CT molecular complexity index is 653. The topological polar surface area (TPSA) is 32.9 Å². The van der Waals surface area contributed by atoms with Crippen LogP contribution in [0.2, 0.25) is 0 Å². The molecule has 2 nitrogen and oxygen atoms in total. The highest BCUT2D eigenvalue weighted by Gasteiger charge is 2.19. The van der Waals surface area contributed by atoms with E-state index in [0.29, 0.717) is 5.92 Å². The van der Waals surface area contributed by atoms with Crippen LogP contribution in [-0.2, 0) is 0 Å². The molecule has 1 heterocycles. The quantitative estimate of drug-likeness (QED) is 0.839. The fourth-order valence-electron chi connectivity index (χ4n) is 2.97. The normalized spacial score (nSPS) is 16.6. The van der Waals surface area contributed by atoms with Crippen LogP contribution in [0.1, 0.15) is 42.9 Å². The number of hydrogen-bond donors (Lipinski definition) is 1. The molecule has 0 atom stereocenters. The van der Waals surface area contributed by atoms with Gasteiger partial charge in [-0.15, -0.1) is 0 Å². The number of pyridine rings is 1. The van der Waals surface area contributed by atoms with Crippen LogP contribution in [-0.4, -0.2) is 4.98 Å². The molecule has 1 aromatic heterocycles. The average Bonchev–Trinajstić information content (AvgIpc) is 2.87. The molecule has 0 amide bonds. The largest absolute Gasteiger partial charge is 0.357 e. The fraction of sp³-hybridized carbons (Fsp3) is 0.400. The molecule has 18 heavy (non-hydrogen) atoms. The second-order valence-corrected chi connectivity index (χ2v) is 6.04. The number of aryl methyl sites for hydroxylation is 1. The van der Waals surface area contributed by atoms with Gasteiger partial charge in [-0.1, -0.05) is 18.9 Å². The van der Waals surface area contributed by atoms with Gasteiger partial charge in [0.1, 0.15) is 0 Å². The Balaban J connectivity index is 2.26. The van der Waals surface area contributed by atoms with E-state index >= 15 is 0 Å². The van der Waals surface area contributed by atoms with Gasteiger partial charge in [-0.2, -0.15) is 0 Å². The molecule has 0 spiro atoms. The number of H-pyrrole nitrogens is 1. The Morgan fingerprint density at radius 1 is 1.28 bits per heavy atom. The van der Waals surface area contributed by atoms with Crippen LogP contribution in [0.3, 0.4) is 0 Å². The lowest BCUT2D eigenvalue weighted by molar-refractivity contribution is 0.700. The van der Waals surface area contributed by atoms with E-state index in [1.807, 2.05) is 19.1 Å². The van der Waals surface area contributed by atoms with E-state index in [1.54, 1.807) is 6.07 Å². The van der Waals surface area contributed by atoms with Crippen molar-refractivity contribution in [1.82, 2.24) is 4.98 Å². The predicted molar refractivity (Wildman–Crippen MR) is 78.2 cm³/mol. The molecule has 3 rings (SSSR count). The minimum atomic E-state index is 0.143. The van der Waals surface area contributed by atoms with Crippen molar-refractivity contribution in [3.05, 3.63) is 44.2 Å². The van der Waals surface area contributed by atoms with E-state index in [2.05, 4.69) is 20.9 Å². The molecular weight excluding hydrogens is 290 g/mol. The maximum atomic E-state index is 12.3. The lowest BCUT2D eigenvalue weighted by Crippen LogP contribution is -2.09. The molecule has 0 aliphatic heterocycles. The number of aromatic nitrogens is 1. The average molecular weight is 306 g/mol. The van der Waals surface area contributed by atoms with Crippen LogP contribution in [0.4, 0.5) is 0 Å². The van der Waals surface area contributed by atoms with Gasteiger partial charge < -0.3 is 4.98 Å². The first-order valence-electron chi connectivity index (χ1n) is 6.49. The van der Waals surface area contributed by atoms with Gasteiger partial charge in [-0.25, -0.2) is 0 Å². The van der Waals surface area contributed by atoms with Gasteiger partial charge in [-0.3, -0.25) is 4.79 Å². The Morgan fingerprint density at radius 3 is 2.72 bits per heavy atom. The van der Waals surface area contributed by atoms with Gasteiger partial charge in [0, 0.05) is 21.6 Å². The van der Waals surface area contributed by atoms with Gasteiger partial charge in [0.15, 0.2) is 5.43 Å². The maximum absolute atomic E-state index is 12.3. The fourth-order valence-corrected chi connectivity index (χ4v) is 3.40. The number of fused-ring (bicyclic) bond motifs is 1. The summed E-state index contributed by atoms with van der Waals surface area (Å²) in [6.45, 7) is 1.99. The monoisotopic (exact) mass is 305 g/mol. The van der Waals surface area contributed by atoms with Gasteiger partial charge in [0.2, 0.25) is 0 Å². The number of hydrogen-bond acceptors (Lipinski definition) is 1. The smallest absolute Gasteiger partial charge is 0.189 e. The zero-order chi connectivity index (χ0) is 12.7. The van der Waals surface area contributed by atoms with Crippen LogP contribution in [0, 0.1) is 6.92 Å². The van der Waals surface area contributed by atoms with Crippen molar-refractivity contribution >= 4 is 26.8 Å². The van der Waals surface area contributed by atoms with E-state index in [4.69, 9.17) is 0 Å². The minimum absolute atomic E-state index is 0.143. The molecule has 1 saturated carbocycles. The van der Waals surface area contributed by atoms with Crippen molar-refractivity contribution < 1.29 is 0 Å². The number of benzene rings is 1. The van der Waals surface area contributed by atoms with Gasteiger partial charge in [-0.05, 0) is 53.2 Å². The Labute approximate surface area is 115 Å². The van der Waals surface area contributed by atoms with Crippen LogP contribution in [0.5, 0.6) is 0 Å². The molecule has 0 bridgehead atoms. The van der Waals surface area contributed by atoms with Gasteiger partial charge in [0.05, 0.1) is 5.52 Å². The second kappa shape index (κ2) is 4.54. The molecule has 0 radical (unpaired) electrons. The molecule has 0 unspecified atom stereocenters. The van der Waals surface area contributed by atoms with Crippen molar-refractivity contribution in [2.45, 2.75) is 38.5 Å². The highest BCUT2D eigenvalue weighted by Crippen LogP contribution is 2.34. The van der Waals surface area contributed by atoms with Crippen molar-refractivity contribution in [1.29, 1.82) is 0 Å². The number of halogens is 1. The van der Waals surface area contributed by atoms with Gasteiger partial charge in [0.25, 0.3) is 0 Å². The number of nitrogens with one attached hydrogen (secondary N) is 1. The highest BCUT2D eigenvalue weighted by atomic mass is 79.9. The van der Waals surface area contributed by atoms with Crippen molar-refractivity contribution in [3.63, 3.8) is 0 Å². The lowest BCUT2D eigenvalue weighted by Gasteiger charge is -2.12. The van der Waals surface area contributed by atoms with Crippen molar-refractivity contribution in [3.8, 4) is 0 Å². The van der Waals surface area contributed by atoms with Crippen LogP contribution < -0.4 is 5.43 Å².